The molecule has 1 heterocycles. The molecule has 3 rings (SSSR count). The van der Waals surface area contributed by atoms with Gasteiger partial charge in [0.25, 0.3) is 0 Å². The van der Waals surface area contributed by atoms with Crippen molar-refractivity contribution < 1.29 is 32.3 Å². The molecule has 0 unspecified atom stereocenters. The molecule has 1 saturated heterocycles. The van der Waals surface area contributed by atoms with Crippen molar-refractivity contribution in [2.45, 2.75) is 12.7 Å². The largest absolute Gasteiger partial charge is 0.497 e. The van der Waals surface area contributed by atoms with Crippen molar-refractivity contribution in [1.82, 2.24) is 14.7 Å². The summed E-state index contributed by atoms with van der Waals surface area (Å²) in [4.78, 5) is 37.8. The molecule has 1 aliphatic rings. The van der Waals surface area contributed by atoms with Gasteiger partial charge in [-0.3, -0.25) is 14.5 Å². The molecule has 154 valence electrons. The smallest absolute Gasteiger partial charge is 0.406 e. The highest BCUT2D eigenvalue weighted by Crippen LogP contribution is 2.24. The zero-order valence-electron chi connectivity index (χ0n) is 15.7. The molecular weight excluding hydrogens is 391 g/mol. The number of carbonyl (C=O) groups is 3. The van der Waals surface area contributed by atoms with Crippen molar-refractivity contribution in [3.8, 4) is 5.75 Å². The number of nitrogens with zero attached hydrogens (tertiary/aromatic N) is 3. The standard InChI is InChI=1S/C19H18F3N3O4/c1-23(9-12-3-4-14-8-15(29-2)6-5-13(14)7-12)11-25-17(27)16(26)24(18(25)28)10-19(20,21)22/h3-8H,9-11H2,1-2H3. The second-order valence-electron chi connectivity index (χ2n) is 6.73. The van der Waals surface area contributed by atoms with E-state index in [1.54, 1.807) is 19.1 Å². The van der Waals surface area contributed by atoms with Crippen LogP contribution in [-0.2, 0) is 16.1 Å². The maximum absolute atomic E-state index is 12.5. The third-order valence-corrected chi connectivity index (χ3v) is 4.42. The Kier molecular flexibility index (Phi) is 5.47. The van der Waals surface area contributed by atoms with Crippen LogP contribution >= 0.6 is 0 Å². The van der Waals surface area contributed by atoms with Crippen LogP contribution in [0.2, 0.25) is 0 Å². The predicted molar refractivity (Wildman–Crippen MR) is 96.8 cm³/mol. The minimum Gasteiger partial charge on any atom is -0.497 e. The van der Waals surface area contributed by atoms with Crippen molar-refractivity contribution >= 4 is 28.6 Å². The highest BCUT2D eigenvalue weighted by molar-refractivity contribution is 6.44. The normalized spacial score (nSPS) is 15.2. The van der Waals surface area contributed by atoms with Gasteiger partial charge in [-0.2, -0.15) is 13.2 Å². The van der Waals surface area contributed by atoms with E-state index < -0.39 is 30.6 Å². The fourth-order valence-electron chi connectivity index (χ4n) is 3.10. The number of halogens is 3. The van der Waals surface area contributed by atoms with Crippen molar-refractivity contribution in [3.05, 3.63) is 42.0 Å². The summed E-state index contributed by atoms with van der Waals surface area (Å²) < 4.78 is 42.8. The highest BCUT2D eigenvalue weighted by atomic mass is 19.4. The van der Waals surface area contributed by atoms with Crippen molar-refractivity contribution in [2.24, 2.45) is 0 Å². The summed E-state index contributed by atoms with van der Waals surface area (Å²) in [6.45, 7) is -1.78. The first-order valence-electron chi connectivity index (χ1n) is 8.58. The van der Waals surface area contributed by atoms with Gasteiger partial charge in [-0.15, -0.1) is 0 Å². The molecule has 2 aromatic rings. The highest BCUT2D eigenvalue weighted by Gasteiger charge is 2.49. The van der Waals surface area contributed by atoms with Crippen LogP contribution in [0.3, 0.4) is 0 Å². The molecule has 2 aromatic carbocycles. The van der Waals surface area contributed by atoms with E-state index in [4.69, 9.17) is 4.74 Å². The van der Waals surface area contributed by atoms with E-state index in [-0.39, 0.29) is 11.6 Å². The van der Waals surface area contributed by atoms with E-state index in [0.29, 0.717) is 11.4 Å². The Bertz CT molecular complexity index is 977. The molecule has 29 heavy (non-hydrogen) atoms. The van der Waals surface area contributed by atoms with Crippen LogP contribution in [0.5, 0.6) is 5.75 Å². The number of fused-ring (bicyclic) bond motifs is 1. The molecule has 0 radical (unpaired) electrons. The third-order valence-electron chi connectivity index (χ3n) is 4.42. The van der Waals surface area contributed by atoms with Crippen molar-refractivity contribution in [3.63, 3.8) is 0 Å². The number of urea groups is 1. The molecule has 1 aliphatic heterocycles. The van der Waals surface area contributed by atoms with Gasteiger partial charge in [-0.25, -0.2) is 14.6 Å². The third kappa shape index (κ3) is 4.48. The number of benzene rings is 2. The summed E-state index contributed by atoms with van der Waals surface area (Å²) in [6, 6.07) is 9.98. The van der Waals surface area contributed by atoms with E-state index >= 15 is 0 Å². The summed E-state index contributed by atoms with van der Waals surface area (Å²) >= 11 is 0. The van der Waals surface area contributed by atoms with E-state index in [0.717, 1.165) is 22.1 Å². The number of imide groups is 2. The van der Waals surface area contributed by atoms with Gasteiger partial charge >= 0.3 is 24.0 Å². The number of hydrogen-bond donors (Lipinski definition) is 0. The molecular formula is C19H18F3N3O4. The quantitative estimate of drug-likeness (QED) is 0.542. The molecule has 0 atom stereocenters. The molecule has 10 heteroatoms. The molecule has 7 nitrogen and oxygen atoms in total. The van der Waals surface area contributed by atoms with E-state index in [2.05, 4.69) is 0 Å². The molecule has 0 aromatic heterocycles. The number of ether oxygens (including phenoxy) is 1. The molecule has 1 fully saturated rings. The Balaban J connectivity index is 1.69. The zero-order valence-corrected chi connectivity index (χ0v) is 15.7. The summed E-state index contributed by atoms with van der Waals surface area (Å²) in [6.07, 6.45) is -4.78. The van der Waals surface area contributed by atoms with Crippen LogP contribution in [-0.4, -0.2) is 66.1 Å². The summed E-state index contributed by atoms with van der Waals surface area (Å²) in [5.41, 5.74) is 0.864. The SMILES string of the molecule is COc1ccc2cc(CN(C)CN3C(=O)C(=O)N(CC(F)(F)F)C3=O)ccc2c1. The lowest BCUT2D eigenvalue weighted by Crippen LogP contribution is -2.42. The van der Waals surface area contributed by atoms with Gasteiger partial charge in [0, 0.05) is 6.54 Å². The molecule has 0 N–H and O–H groups in total. The van der Waals surface area contributed by atoms with Gasteiger partial charge in [0.2, 0.25) is 0 Å². The molecule has 4 amide bonds. The fourth-order valence-corrected chi connectivity index (χ4v) is 3.10. The Morgan fingerprint density at radius 3 is 2.24 bits per heavy atom. The monoisotopic (exact) mass is 409 g/mol. The Morgan fingerprint density at radius 2 is 1.59 bits per heavy atom. The van der Waals surface area contributed by atoms with Crippen LogP contribution < -0.4 is 4.74 Å². The minimum atomic E-state index is -4.78. The van der Waals surface area contributed by atoms with Crippen LogP contribution in [0.15, 0.2) is 36.4 Å². The lowest BCUT2D eigenvalue weighted by Gasteiger charge is -2.23. The first-order valence-corrected chi connectivity index (χ1v) is 8.58. The fraction of sp³-hybridized carbons (Fsp3) is 0.316. The number of amides is 4. The van der Waals surface area contributed by atoms with Gasteiger partial charge < -0.3 is 4.74 Å². The minimum absolute atomic E-state index is 0.0837. The van der Waals surface area contributed by atoms with Crippen LogP contribution in [0.25, 0.3) is 10.8 Å². The average Bonchev–Trinajstić information content (AvgIpc) is 2.84. The maximum atomic E-state index is 12.5. The number of alkyl halides is 3. The Labute approximate surface area is 164 Å². The van der Waals surface area contributed by atoms with Crippen LogP contribution in [0.1, 0.15) is 5.56 Å². The molecule has 0 bridgehead atoms. The first kappa shape index (κ1) is 20.6. The first-order chi connectivity index (χ1) is 13.6. The number of methoxy groups -OCH3 is 1. The number of rotatable bonds is 6. The van der Waals surface area contributed by atoms with Gasteiger partial charge in [0.05, 0.1) is 13.8 Å². The summed E-state index contributed by atoms with van der Waals surface area (Å²) in [7, 11) is 3.17. The van der Waals surface area contributed by atoms with E-state index in [1.165, 1.54) is 0 Å². The average molecular weight is 409 g/mol. The molecule has 0 aliphatic carbocycles. The summed E-state index contributed by atoms with van der Waals surface area (Å²) in [5.74, 6) is -2.02. The molecule has 0 spiro atoms. The second-order valence-corrected chi connectivity index (χ2v) is 6.73. The molecule has 0 saturated carbocycles. The topological polar surface area (TPSA) is 70.2 Å². The van der Waals surface area contributed by atoms with Crippen LogP contribution in [0, 0.1) is 0 Å². The lowest BCUT2D eigenvalue weighted by molar-refractivity contribution is -0.156. The number of hydrogen-bond acceptors (Lipinski definition) is 5. The van der Waals surface area contributed by atoms with Gasteiger partial charge in [0.15, 0.2) is 0 Å². The maximum Gasteiger partial charge on any atom is 0.406 e. The van der Waals surface area contributed by atoms with Gasteiger partial charge in [-0.1, -0.05) is 18.2 Å². The lowest BCUT2D eigenvalue weighted by atomic mass is 10.1. The Morgan fingerprint density at radius 1 is 0.966 bits per heavy atom. The van der Waals surface area contributed by atoms with Crippen molar-refractivity contribution in [1.29, 1.82) is 0 Å². The summed E-state index contributed by atoms with van der Waals surface area (Å²) in [5, 5.41) is 1.92. The predicted octanol–water partition coefficient (Wildman–Crippen LogP) is 2.59. The second kappa shape index (κ2) is 7.70. The zero-order chi connectivity index (χ0) is 21.3. The van der Waals surface area contributed by atoms with Crippen molar-refractivity contribution in [2.75, 3.05) is 27.4 Å². The van der Waals surface area contributed by atoms with E-state index in [9.17, 15) is 27.6 Å². The van der Waals surface area contributed by atoms with E-state index in [1.807, 2.05) is 36.4 Å². The number of carbonyl (C=O) groups excluding carboxylic acids is 3. The van der Waals surface area contributed by atoms with Crippen LogP contribution in [0.4, 0.5) is 18.0 Å². The Hall–Kier alpha value is -3.14. The van der Waals surface area contributed by atoms with Gasteiger partial charge in [0.1, 0.15) is 12.3 Å². The van der Waals surface area contributed by atoms with Gasteiger partial charge in [-0.05, 0) is 41.6 Å².